The van der Waals surface area contributed by atoms with E-state index in [0.29, 0.717) is 23.9 Å². The number of nitrogens with one attached hydrogen (secondary N) is 2. The average Bonchev–Trinajstić information content (AvgIpc) is 3.19. The van der Waals surface area contributed by atoms with Crippen molar-refractivity contribution in [2.24, 2.45) is 17.8 Å². The molecule has 0 saturated heterocycles. The largest absolute Gasteiger partial charge is 0.449 e. The van der Waals surface area contributed by atoms with Gasteiger partial charge in [-0.15, -0.1) is 0 Å². The van der Waals surface area contributed by atoms with E-state index in [4.69, 9.17) is 0 Å². The first-order valence-electron chi connectivity index (χ1n) is 8.25. The number of H-pyrrole nitrogens is 1. The second-order valence-corrected chi connectivity index (χ2v) is 7.00. The van der Waals surface area contributed by atoms with Crippen LogP contribution < -0.4 is 5.32 Å². The number of hydrogen-bond donors (Lipinski definition) is 2. The molecule has 2 aliphatic carbocycles. The monoisotopic (exact) mass is 337 g/mol. The van der Waals surface area contributed by atoms with Crippen molar-refractivity contribution in [2.75, 3.05) is 5.32 Å². The maximum atomic E-state index is 12.7. The van der Waals surface area contributed by atoms with Crippen LogP contribution >= 0.6 is 0 Å². The number of imidazole rings is 1. The topological polar surface area (TPSA) is 57.8 Å². The summed E-state index contributed by atoms with van der Waals surface area (Å²) in [5.74, 6) is 0.821. The zero-order valence-corrected chi connectivity index (χ0v) is 13.0. The molecule has 2 aliphatic rings. The van der Waals surface area contributed by atoms with Gasteiger partial charge in [-0.25, -0.2) is 4.98 Å². The summed E-state index contributed by atoms with van der Waals surface area (Å²) in [6.45, 7) is 0. The van der Waals surface area contributed by atoms with E-state index in [9.17, 15) is 18.0 Å². The van der Waals surface area contributed by atoms with Gasteiger partial charge in [0.2, 0.25) is 11.7 Å². The van der Waals surface area contributed by atoms with Gasteiger partial charge in [0.15, 0.2) is 0 Å². The molecule has 4 nitrogen and oxygen atoms in total. The number of halogens is 3. The van der Waals surface area contributed by atoms with Crippen LogP contribution in [0.4, 0.5) is 18.9 Å². The summed E-state index contributed by atoms with van der Waals surface area (Å²) in [4.78, 5) is 18.0. The molecule has 2 N–H and O–H groups in total. The quantitative estimate of drug-likeness (QED) is 0.875. The van der Waals surface area contributed by atoms with E-state index < -0.39 is 12.0 Å². The lowest BCUT2D eigenvalue weighted by atomic mass is 9.86. The predicted octanol–water partition coefficient (Wildman–Crippen LogP) is 4.35. The highest BCUT2D eigenvalue weighted by Gasteiger charge is 2.40. The van der Waals surface area contributed by atoms with Gasteiger partial charge in [0.25, 0.3) is 0 Å². The number of carbonyl (C=O) groups is 1. The molecule has 7 heteroatoms. The maximum absolute atomic E-state index is 12.7. The van der Waals surface area contributed by atoms with Crippen molar-refractivity contribution in [3.63, 3.8) is 0 Å². The van der Waals surface area contributed by atoms with E-state index in [2.05, 4.69) is 15.3 Å². The Bertz CT molecular complexity index is 783. The normalized spacial score (nSPS) is 26.2. The maximum Gasteiger partial charge on any atom is 0.449 e. The molecular formula is C17H18F3N3O. The number of amides is 1. The molecule has 2 saturated carbocycles. The molecule has 1 heterocycles. The number of rotatable bonds is 3. The number of hydrogen-bond acceptors (Lipinski definition) is 2. The lowest BCUT2D eigenvalue weighted by Gasteiger charge is -2.20. The molecule has 2 fully saturated rings. The van der Waals surface area contributed by atoms with Crippen molar-refractivity contribution in [1.82, 2.24) is 9.97 Å². The zero-order valence-electron chi connectivity index (χ0n) is 13.0. The van der Waals surface area contributed by atoms with Gasteiger partial charge in [0.1, 0.15) is 0 Å². The Balaban J connectivity index is 1.45. The van der Waals surface area contributed by atoms with Gasteiger partial charge in [-0.2, -0.15) is 13.2 Å². The molecular weight excluding hydrogens is 319 g/mol. The van der Waals surface area contributed by atoms with Crippen LogP contribution in [0.5, 0.6) is 0 Å². The third-order valence-electron chi connectivity index (χ3n) is 5.37. The van der Waals surface area contributed by atoms with Crippen LogP contribution in [0.15, 0.2) is 18.2 Å². The molecule has 0 unspecified atom stereocenters. The number of aromatic nitrogens is 2. The Morgan fingerprint density at radius 2 is 2.12 bits per heavy atom. The number of alkyl halides is 3. The molecule has 2 bridgehead atoms. The molecule has 3 atom stereocenters. The smallest absolute Gasteiger partial charge is 0.334 e. The Hall–Kier alpha value is -2.05. The summed E-state index contributed by atoms with van der Waals surface area (Å²) in [5, 5.41) is 2.80. The van der Waals surface area contributed by atoms with E-state index in [-0.39, 0.29) is 16.9 Å². The SMILES string of the molecule is O=C(C[C@H]1C[C@@H]2CC[C@@H]1C2)Nc1ccc2nc(C(F)(F)F)[nH]c2c1. The number of anilines is 1. The minimum Gasteiger partial charge on any atom is -0.334 e. The molecule has 0 aliphatic heterocycles. The van der Waals surface area contributed by atoms with Crippen LogP contribution in [0.1, 0.15) is 37.9 Å². The summed E-state index contributed by atoms with van der Waals surface area (Å²) in [7, 11) is 0. The van der Waals surface area contributed by atoms with E-state index >= 15 is 0 Å². The van der Waals surface area contributed by atoms with Gasteiger partial charge in [0.05, 0.1) is 11.0 Å². The van der Waals surface area contributed by atoms with Crippen molar-refractivity contribution in [3.05, 3.63) is 24.0 Å². The first-order chi connectivity index (χ1) is 11.4. The number of benzene rings is 1. The lowest BCUT2D eigenvalue weighted by Crippen LogP contribution is -2.20. The van der Waals surface area contributed by atoms with Crippen molar-refractivity contribution in [3.8, 4) is 0 Å². The molecule has 0 spiro atoms. The highest BCUT2D eigenvalue weighted by atomic mass is 19.4. The highest BCUT2D eigenvalue weighted by molar-refractivity contribution is 5.93. The summed E-state index contributed by atoms with van der Waals surface area (Å²) < 4.78 is 38.0. The van der Waals surface area contributed by atoms with E-state index in [0.717, 1.165) is 12.3 Å². The molecule has 4 rings (SSSR count). The summed E-state index contributed by atoms with van der Waals surface area (Å²) >= 11 is 0. The summed E-state index contributed by atoms with van der Waals surface area (Å²) in [5.41, 5.74) is 0.988. The fourth-order valence-electron chi connectivity index (χ4n) is 4.30. The third-order valence-corrected chi connectivity index (χ3v) is 5.37. The Kier molecular flexibility index (Phi) is 3.54. The van der Waals surface area contributed by atoms with Crippen molar-refractivity contribution in [1.29, 1.82) is 0 Å². The van der Waals surface area contributed by atoms with E-state index in [1.165, 1.54) is 31.4 Å². The van der Waals surface area contributed by atoms with Gasteiger partial charge in [-0.05, 0) is 55.2 Å². The third kappa shape index (κ3) is 2.87. The van der Waals surface area contributed by atoms with Gasteiger partial charge < -0.3 is 10.3 Å². The number of nitrogens with zero attached hydrogens (tertiary/aromatic N) is 1. The standard InChI is InChI=1S/C17H18F3N3O/c18-17(19,20)16-22-13-4-3-12(8-14(13)23-16)21-15(24)7-11-6-9-1-2-10(11)5-9/h3-4,8-11H,1-2,5-7H2,(H,21,24)(H,22,23)/t9-,10-,11-/m1/s1. The molecule has 2 aromatic rings. The number of aromatic amines is 1. The van der Waals surface area contributed by atoms with E-state index in [1.54, 1.807) is 6.07 Å². The van der Waals surface area contributed by atoms with Gasteiger partial charge in [0, 0.05) is 12.1 Å². The molecule has 24 heavy (non-hydrogen) atoms. The Labute approximate surface area is 136 Å². The van der Waals surface area contributed by atoms with Gasteiger partial charge in [-0.1, -0.05) is 6.42 Å². The van der Waals surface area contributed by atoms with Crippen molar-refractivity contribution < 1.29 is 18.0 Å². The fourth-order valence-corrected chi connectivity index (χ4v) is 4.30. The van der Waals surface area contributed by atoms with Crippen LogP contribution in [0.25, 0.3) is 11.0 Å². The molecule has 0 radical (unpaired) electrons. The number of fused-ring (bicyclic) bond motifs is 3. The minimum atomic E-state index is -4.51. The van der Waals surface area contributed by atoms with Crippen LogP contribution in [-0.2, 0) is 11.0 Å². The van der Waals surface area contributed by atoms with Crippen molar-refractivity contribution >= 4 is 22.6 Å². The predicted molar refractivity (Wildman–Crippen MR) is 83.3 cm³/mol. The van der Waals surface area contributed by atoms with Crippen molar-refractivity contribution in [2.45, 2.75) is 38.3 Å². The van der Waals surface area contributed by atoms with Gasteiger partial charge in [-0.3, -0.25) is 4.79 Å². The second-order valence-electron chi connectivity index (χ2n) is 7.00. The second kappa shape index (κ2) is 5.50. The summed E-state index contributed by atoms with van der Waals surface area (Å²) in [6.07, 6.45) is 0.884. The number of carbonyl (C=O) groups excluding carboxylic acids is 1. The minimum absolute atomic E-state index is 0.0672. The molecule has 1 amide bonds. The Morgan fingerprint density at radius 1 is 1.29 bits per heavy atom. The van der Waals surface area contributed by atoms with Crippen LogP contribution in [-0.4, -0.2) is 15.9 Å². The first kappa shape index (κ1) is 15.5. The fraction of sp³-hybridized carbons (Fsp3) is 0.529. The average molecular weight is 337 g/mol. The first-order valence-corrected chi connectivity index (χ1v) is 8.25. The molecule has 1 aromatic carbocycles. The molecule has 1 aromatic heterocycles. The zero-order chi connectivity index (χ0) is 16.9. The Morgan fingerprint density at radius 3 is 2.79 bits per heavy atom. The van der Waals surface area contributed by atoms with E-state index in [1.807, 2.05) is 0 Å². The molecule has 128 valence electrons. The van der Waals surface area contributed by atoms with Crippen LogP contribution in [0, 0.1) is 17.8 Å². The highest BCUT2D eigenvalue weighted by Crippen LogP contribution is 2.49. The summed E-state index contributed by atoms with van der Waals surface area (Å²) in [6, 6.07) is 4.56. The van der Waals surface area contributed by atoms with Gasteiger partial charge >= 0.3 is 6.18 Å². The van der Waals surface area contributed by atoms with Crippen LogP contribution in [0.2, 0.25) is 0 Å². The lowest BCUT2D eigenvalue weighted by molar-refractivity contribution is -0.144. The van der Waals surface area contributed by atoms with Crippen LogP contribution in [0.3, 0.4) is 0 Å².